The van der Waals surface area contributed by atoms with E-state index >= 15 is 0 Å². The van der Waals surface area contributed by atoms with Gasteiger partial charge in [-0.3, -0.25) is 15.1 Å². The minimum atomic E-state index is -0.159. The SMILES string of the molecule is C[C@@H](C(=O)NN)N1CCN(c2ccccc2)CC1. The van der Waals surface area contributed by atoms with Gasteiger partial charge in [-0.1, -0.05) is 18.2 Å². The largest absolute Gasteiger partial charge is 0.369 e. The Balaban J connectivity index is 1.90. The standard InChI is InChI=1S/C13H20N4O/c1-11(13(18)15-14)16-7-9-17(10-8-16)12-5-3-2-4-6-12/h2-6,11H,7-10,14H2,1H3,(H,15,18)/t11-/m0/s1. The van der Waals surface area contributed by atoms with Crippen molar-refractivity contribution in [1.82, 2.24) is 10.3 Å². The van der Waals surface area contributed by atoms with Crippen LogP contribution in [0.25, 0.3) is 0 Å². The first-order chi connectivity index (χ1) is 8.72. The molecule has 0 bridgehead atoms. The highest BCUT2D eigenvalue weighted by atomic mass is 16.2. The van der Waals surface area contributed by atoms with Gasteiger partial charge in [-0.05, 0) is 19.1 Å². The number of anilines is 1. The molecule has 98 valence electrons. The molecule has 1 atom stereocenters. The van der Waals surface area contributed by atoms with Crippen LogP contribution < -0.4 is 16.2 Å². The molecule has 0 radical (unpaired) electrons. The van der Waals surface area contributed by atoms with E-state index in [2.05, 4.69) is 27.4 Å². The molecular formula is C13H20N4O. The van der Waals surface area contributed by atoms with Crippen molar-refractivity contribution in [3.8, 4) is 0 Å². The zero-order chi connectivity index (χ0) is 13.0. The molecule has 1 saturated heterocycles. The summed E-state index contributed by atoms with van der Waals surface area (Å²) in [5.74, 6) is 5.04. The van der Waals surface area contributed by atoms with Crippen LogP contribution in [0.3, 0.4) is 0 Å². The molecular weight excluding hydrogens is 228 g/mol. The second kappa shape index (κ2) is 5.84. The highest BCUT2D eigenvalue weighted by molar-refractivity contribution is 5.80. The van der Waals surface area contributed by atoms with Gasteiger partial charge in [-0.2, -0.15) is 0 Å². The van der Waals surface area contributed by atoms with Crippen molar-refractivity contribution in [1.29, 1.82) is 0 Å². The summed E-state index contributed by atoms with van der Waals surface area (Å²) < 4.78 is 0. The monoisotopic (exact) mass is 248 g/mol. The first kappa shape index (κ1) is 12.9. The summed E-state index contributed by atoms with van der Waals surface area (Å²) in [5, 5.41) is 0. The van der Waals surface area contributed by atoms with Gasteiger partial charge in [0.15, 0.2) is 0 Å². The van der Waals surface area contributed by atoms with E-state index in [-0.39, 0.29) is 11.9 Å². The van der Waals surface area contributed by atoms with E-state index in [0.29, 0.717) is 0 Å². The lowest BCUT2D eigenvalue weighted by Crippen LogP contribution is -2.54. The summed E-state index contributed by atoms with van der Waals surface area (Å²) in [4.78, 5) is 16.0. The highest BCUT2D eigenvalue weighted by Gasteiger charge is 2.24. The molecule has 1 aliphatic rings. The number of hydrogen-bond donors (Lipinski definition) is 2. The summed E-state index contributed by atoms with van der Waals surface area (Å²) in [6, 6.07) is 10.2. The molecule has 1 aliphatic heterocycles. The first-order valence-electron chi connectivity index (χ1n) is 6.27. The van der Waals surface area contributed by atoms with Crippen LogP contribution in [-0.4, -0.2) is 43.0 Å². The van der Waals surface area contributed by atoms with Gasteiger partial charge in [0.25, 0.3) is 5.91 Å². The second-order valence-electron chi connectivity index (χ2n) is 4.54. The van der Waals surface area contributed by atoms with Crippen LogP contribution >= 0.6 is 0 Å². The fourth-order valence-electron chi connectivity index (χ4n) is 2.29. The van der Waals surface area contributed by atoms with Crippen LogP contribution in [0.5, 0.6) is 0 Å². The average Bonchev–Trinajstić information content (AvgIpc) is 2.47. The Kier molecular flexibility index (Phi) is 4.17. The molecule has 1 aromatic rings. The Morgan fingerprint density at radius 1 is 1.22 bits per heavy atom. The van der Waals surface area contributed by atoms with Crippen LogP contribution in [-0.2, 0) is 4.79 Å². The molecule has 1 heterocycles. The van der Waals surface area contributed by atoms with Gasteiger partial charge in [-0.25, -0.2) is 5.84 Å². The van der Waals surface area contributed by atoms with Gasteiger partial charge in [0.1, 0.15) is 0 Å². The van der Waals surface area contributed by atoms with E-state index in [4.69, 9.17) is 5.84 Å². The average molecular weight is 248 g/mol. The van der Waals surface area contributed by atoms with E-state index in [1.165, 1.54) is 5.69 Å². The van der Waals surface area contributed by atoms with Crippen LogP contribution in [0, 0.1) is 0 Å². The van der Waals surface area contributed by atoms with Crippen molar-refractivity contribution < 1.29 is 4.79 Å². The topological polar surface area (TPSA) is 61.6 Å². The van der Waals surface area contributed by atoms with E-state index in [0.717, 1.165) is 26.2 Å². The van der Waals surface area contributed by atoms with Crippen molar-refractivity contribution in [2.45, 2.75) is 13.0 Å². The van der Waals surface area contributed by atoms with Gasteiger partial charge in [-0.15, -0.1) is 0 Å². The predicted molar refractivity (Wildman–Crippen MR) is 72.0 cm³/mol. The number of carbonyl (C=O) groups excluding carboxylic acids is 1. The molecule has 3 N–H and O–H groups in total. The summed E-state index contributed by atoms with van der Waals surface area (Å²) in [6.45, 7) is 5.52. The fraction of sp³-hybridized carbons (Fsp3) is 0.462. The van der Waals surface area contributed by atoms with Crippen LogP contribution in [0.1, 0.15) is 6.92 Å². The lowest BCUT2D eigenvalue weighted by atomic mass is 10.2. The Bertz CT molecular complexity index is 387. The lowest BCUT2D eigenvalue weighted by molar-refractivity contribution is -0.126. The number of hydrazine groups is 1. The Morgan fingerprint density at radius 2 is 1.83 bits per heavy atom. The van der Waals surface area contributed by atoms with Gasteiger partial charge in [0.05, 0.1) is 6.04 Å². The van der Waals surface area contributed by atoms with Crippen LogP contribution in [0.2, 0.25) is 0 Å². The maximum atomic E-state index is 11.5. The van der Waals surface area contributed by atoms with E-state index in [9.17, 15) is 4.79 Å². The normalized spacial score (nSPS) is 18.4. The molecule has 2 rings (SSSR count). The number of rotatable bonds is 3. The van der Waals surface area contributed by atoms with Gasteiger partial charge >= 0.3 is 0 Å². The van der Waals surface area contributed by atoms with Gasteiger partial charge in [0.2, 0.25) is 0 Å². The lowest BCUT2D eigenvalue weighted by Gasteiger charge is -2.38. The molecule has 0 aromatic heterocycles. The number of nitrogens with zero attached hydrogens (tertiary/aromatic N) is 2. The number of para-hydroxylation sites is 1. The summed E-state index contributed by atoms with van der Waals surface area (Å²) in [5.41, 5.74) is 3.45. The smallest absolute Gasteiger partial charge is 0.250 e. The zero-order valence-corrected chi connectivity index (χ0v) is 10.7. The molecule has 0 saturated carbocycles. The Morgan fingerprint density at radius 3 is 2.39 bits per heavy atom. The molecule has 0 unspecified atom stereocenters. The van der Waals surface area contributed by atoms with E-state index < -0.39 is 0 Å². The number of nitrogens with two attached hydrogens (primary N) is 1. The van der Waals surface area contributed by atoms with Gasteiger partial charge < -0.3 is 4.90 Å². The third kappa shape index (κ3) is 2.80. The molecule has 0 spiro atoms. The molecule has 5 nitrogen and oxygen atoms in total. The van der Waals surface area contributed by atoms with Crippen LogP contribution in [0.4, 0.5) is 5.69 Å². The minimum absolute atomic E-state index is 0.122. The maximum absolute atomic E-state index is 11.5. The summed E-state index contributed by atoms with van der Waals surface area (Å²) in [6.07, 6.45) is 0. The zero-order valence-electron chi connectivity index (χ0n) is 10.7. The third-order valence-corrected chi connectivity index (χ3v) is 3.51. The Hall–Kier alpha value is -1.59. The summed E-state index contributed by atoms with van der Waals surface area (Å²) in [7, 11) is 0. The van der Waals surface area contributed by atoms with Crippen molar-refractivity contribution in [3.05, 3.63) is 30.3 Å². The summed E-state index contributed by atoms with van der Waals surface area (Å²) >= 11 is 0. The quantitative estimate of drug-likeness (QED) is 0.455. The maximum Gasteiger partial charge on any atom is 0.250 e. The second-order valence-corrected chi connectivity index (χ2v) is 4.54. The molecule has 0 aliphatic carbocycles. The highest BCUT2D eigenvalue weighted by Crippen LogP contribution is 2.16. The third-order valence-electron chi connectivity index (χ3n) is 3.51. The van der Waals surface area contributed by atoms with Crippen molar-refractivity contribution in [3.63, 3.8) is 0 Å². The molecule has 18 heavy (non-hydrogen) atoms. The molecule has 5 heteroatoms. The van der Waals surface area contributed by atoms with E-state index in [1.54, 1.807) is 0 Å². The number of benzene rings is 1. The van der Waals surface area contributed by atoms with Crippen LogP contribution in [0.15, 0.2) is 30.3 Å². The number of carbonyl (C=O) groups is 1. The fourth-order valence-corrected chi connectivity index (χ4v) is 2.29. The first-order valence-corrected chi connectivity index (χ1v) is 6.27. The molecule has 1 amide bonds. The van der Waals surface area contributed by atoms with Gasteiger partial charge in [0, 0.05) is 31.9 Å². The molecule has 1 aromatic carbocycles. The van der Waals surface area contributed by atoms with Crippen molar-refractivity contribution in [2.24, 2.45) is 5.84 Å². The number of hydrogen-bond acceptors (Lipinski definition) is 4. The number of nitrogens with one attached hydrogen (secondary N) is 1. The Labute approximate surface area is 108 Å². The molecule has 1 fully saturated rings. The number of amides is 1. The minimum Gasteiger partial charge on any atom is -0.369 e. The van der Waals surface area contributed by atoms with E-state index in [1.807, 2.05) is 25.1 Å². The number of piperazine rings is 1. The predicted octanol–water partition coefficient (Wildman–Crippen LogP) is 0.187. The van der Waals surface area contributed by atoms with Crippen molar-refractivity contribution in [2.75, 3.05) is 31.1 Å². The van der Waals surface area contributed by atoms with Crippen molar-refractivity contribution >= 4 is 11.6 Å².